The van der Waals surface area contributed by atoms with E-state index in [1.165, 1.54) is 11.8 Å². The van der Waals surface area contributed by atoms with Gasteiger partial charge in [-0.15, -0.1) is 0 Å². The molecule has 7 heteroatoms. The Bertz CT molecular complexity index is 1550. The first-order valence-corrected chi connectivity index (χ1v) is 11.4. The van der Waals surface area contributed by atoms with Gasteiger partial charge in [0.1, 0.15) is 0 Å². The van der Waals surface area contributed by atoms with Crippen LogP contribution in [0.2, 0.25) is 0 Å². The van der Waals surface area contributed by atoms with Crippen molar-refractivity contribution in [1.29, 1.82) is 0 Å². The number of thioether (sulfide) groups is 1. The van der Waals surface area contributed by atoms with E-state index in [9.17, 15) is 4.79 Å². The van der Waals surface area contributed by atoms with Crippen molar-refractivity contribution in [3.05, 3.63) is 93.3 Å². The van der Waals surface area contributed by atoms with E-state index in [1.54, 1.807) is 4.57 Å². The Kier molecular flexibility index (Phi) is 5.06. The Labute approximate surface area is 190 Å². The first kappa shape index (κ1) is 20.5. The number of benzene rings is 2. The third kappa shape index (κ3) is 3.58. The average molecular weight is 442 g/mol. The summed E-state index contributed by atoms with van der Waals surface area (Å²) >= 11 is 1.51. The van der Waals surface area contributed by atoms with Gasteiger partial charge in [-0.05, 0) is 57.5 Å². The van der Waals surface area contributed by atoms with Crippen LogP contribution in [0.25, 0.3) is 22.4 Å². The largest absolute Gasteiger partial charge is 0.288 e. The zero-order valence-corrected chi connectivity index (χ0v) is 19.3. The Balaban J connectivity index is 1.61. The summed E-state index contributed by atoms with van der Waals surface area (Å²) in [7, 11) is 0. The smallest absolute Gasteiger partial charge is 0.266 e. The van der Waals surface area contributed by atoms with Gasteiger partial charge in [-0.2, -0.15) is 0 Å². The zero-order valence-electron chi connectivity index (χ0n) is 18.5. The molecule has 6 nitrogen and oxygen atoms in total. The SMILES string of the molecule is Cc1ccc(-n2c(SCc3cn4c(C)cc(C)nc4n3)nc3ccccc3c2=O)c(C)c1. The summed E-state index contributed by atoms with van der Waals surface area (Å²) in [6.07, 6.45) is 2.00. The molecule has 0 amide bonds. The molecule has 0 unspecified atom stereocenters. The summed E-state index contributed by atoms with van der Waals surface area (Å²) in [6.45, 7) is 8.09. The van der Waals surface area contributed by atoms with Gasteiger partial charge in [-0.25, -0.2) is 15.0 Å². The predicted octanol–water partition coefficient (Wildman–Crippen LogP) is 4.95. The summed E-state index contributed by atoms with van der Waals surface area (Å²) in [5.41, 5.74) is 6.61. The van der Waals surface area contributed by atoms with E-state index in [4.69, 9.17) is 4.98 Å². The number of hydrogen-bond donors (Lipinski definition) is 0. The van der Waals surface area contributed by atoms with Crippen LogP contribution in [0.5, 0.6) is 0 Å². The molecule has 3 heterocycles. The summed E-state index contributed by atoms with van der Waals surface area (Å²) < 4.78 is 3.72. The molecule has 0 N–H and O–H groups in total. The van der Waals surface area contributed by atoms with Crippen molar-refractivity contribution in [1.82, 2.24) is 23.9 Å². The van der Waals surface area contributed by atoms with Gasteiger partial charge in [0, 0.05) is 23.3 Å². The summed E-state index contributed by atoms with van der Waals surface area (Å²) in [6, 6.07) is 15.6. The van der Waals surface area contributed by atoms with Gasteiger partial charge in [0.25, 0.3) is 5.56 Å². The van der Waals surface area contributed by atoms with Crippen LogP contribution in [-0.2, 0) is 5.75 Å². The number of aryl methyl sites for hydroxylation is 4. The average Bonchev–Trinajstić information content (AvgIpc) is 3.16. The van der Waals surface area contributed by atoms with E-state index < -0.39 is 0 Å². The van der Waals surface area contributed by atoms with Crippen LogP contribution in [0.1, 0.15) is 28.2 Å². The molecular formula is C25H23N5OS. The van der Waals surface area contributed by atoms with Crippen molar-refractivity contribution in [2.75, 3.05) is 0 Å². The molecule has 0 saturated carbocycles. The number of para-hydroxylation sites is 1. The van der Waals surface area contributed by atoms with Crippen molar-refractivity contribution in [3.8, 4) is 5.69 Å². The maximum atomic E-state index is 13.5. The van der Waals surface area contributed by atoms with Crippen LogP contribution in [-0.4, -0.2) is 23.9 Å². The lowest BCUT2D eigenvalue weighted by molar-refractivity contribution is 0.813. The standard InChI is InChI=1S/C25H23N5OS/c1-15-9-10-22(16(2)11-15)30-23(31)20-7-5-6-8-21(20)28-25(30)32-14-19-13-29-18(4)12-17(3)26-24(29)27-19/h5-13H,14H2,1-4H3. The molecule has 160 valence electrons. The third-order valence-corrected chi connectivity index (χ3v) is 6.47. The first-order chi connectivity index (χ1) is 15.4. The van der Waals surface area contributed by atoms with Crippen molar-refractivity contribution in [3.63, 3.8) is 0 Å². The molecule has 0 atom stereocenters. The molecule has 0 aliphatic carbocycles. The molecule has 3 aromatic heterocycles. The topological polar surface area (TPSA) is 65.1 Å². The minimum absolute atomic E-state index is 0.0619. The highest BCUT2D eigenvalue weighted by Crippen LogP contribution is 2.26. The number of hydrogen-bond acceptors (Lipinski definition) is 5. The molecule has 0 aliphatic heterocycles. The lowest BCUT2D eigenvalue weighted by atomic mass is 10.1. The second-order valence-corrected chi connectivity index (χ2v) is 9.01. The Morgan fingerprint density at radius 2 is 1.75 bits per heavy atom. The van der Waals surface area contributed by atoms with Gasteiger partial charge in [0.05, 0.1) is 22.3 Å². The number of aromatic nitrogens is 5. The van der Waals surface area contributed by atoms with Crippen molar-refractivity contribution in [2.45, 2.75) is 38.6 Å². The number of imidazole rings is 1. The van der Waals surface area contributed by atoms with E-state index in [0.29, 0.717) is 27.6 Å². The maximum absolute atomic E-state index is 13.5. The van der Waals surface area contributed by atoms with E-state index >= 15 is 0 Å². The molecule has 0 aliphatic rings. The van der Waals surface area contributed by atoms with Gasteiger partial charge in [-0.1, -0.05) is 41.6 Å². The number of rotatable bonds is 4. The predicted molar refractivity (Wildman–Crippen MR) is 129 cm³/mol. The van der Waals surface area contributed by atoms with Crippen LogP contribution in [0.15, 0.2) is 64.7 Å². The summed E-state index contributed by atoms with van der Waals surface area (Å²) in [4.78, 5) is 27.6. The van der Waals surface area contributed by atoms with Crippen LogP contribution >= 0.6 is 11.8 Å². The highest BCUT2D eigenvalue weighted by atomic mass is 32.2. The lowest BCUT2D eigenvalue weighted by Crippen LogP contribution is -2.22. The highest BCUT2D eigenvalue weighted by molar-refractivity contribution is 7.98. The quantitative estimate of drug-likeness (QED) is 0.291. The fourth-order valence-electron chi connectivity index (χ4n) is 4.00. The molecule has 0 radical (unpaired) electrons. The van der Waals surface area contributed by atoms with E-state index in [0.717, 1.165) is 33.9 Å². The van der Waals surface area contributed by atoms with E-state index in [2.05, 4.69) is 23.0 Å². The lowest BCUT2D eigenvalue weighted by Gasteiger charge is -2.15. The highest BCUT2D eigenvalue weighted by Gasteiger charge is 2.16. The Morgan fingerprint density at radius 1 is 0.938 bits per heavy atom. The van der Waals surface area contributed by atoms with E-state index in [1.807, 2.05) is 73.8 Å². The molecule has 0 fully saturated rings. The molecule has 32 heavy (non-hydrogen) atoms. The van der Waals surface area contributed by atoms with Gasteiger partial charge >= 0.3 is 0 Å². The number of nitrogens with zero attached hydrogens (tertiary/aromatic N) is 5. The fraction of sp³-hybridized carbons (Fsp3) is 0.200. The monoisotopic (exact) mass is 441 g/mol. The molecule has 5 rings (SSSR count). The minimum Gasteiger partial charge on any atom is -0.288 e. The fourth-order valence-corrected chi connectivity index (χ4v) is 4.89. The molecule has 0 spiro atoms. The number of fused-ring (bicyclic) bond motifs is 2. The van der Waals surface area contributed by atoms with Crippen molar-refractivity contribution in [2.24, 2.45) is 0 Å². The van der Waals surface area contributed by atoms with Gasteiger partial charge < -0.3 is 0 Å². The summed E-state index contributed by atoms with van der Waals surface area (Å²) in [5.74, 6) is 1.27. The second-order valence-electron chi connectivity index (χ2n) is 8.07. The normalized spacial score (nSPS) is 11.5. The zero-order chi connectivity index (χ0) is 22.4. The van der Waals surface area contributed by atoms with Crippen molar-refractivity contribution < 1.29 is 0 Å². The molecule has 0 bridgehead atoms. The molecular weight excluding hydrogens is 418 g/mol. The first-order valence-electron chi connectivity index (χ1n) is 10.4. The maximum Gasteiger partial charge on any atom is 0.266 e. The molecule has 5 aromatic rings. The molecule has 0 saturated heterocycles. The Morgan fingerprint density at radius 3 is 2.56 bits per heavy atom. The summed E-state index contributed by atoms with van der Waals surface area (Å²) in [5, 5.41) is 1.26. The van der Waals surface area contributed by atoms with Crippen LogP contribution in [0.4, 0.5) is 0 Å². The molecule has 2 aromatic carbocycles. The van der Waals surface area contributed by atoms with Gasteiger partial charge in [0.15, 0.2) is 5.16 Å². The second kappa shape index (κ2) is 7.91. The van der Waals surface area contributed by atoms with Crippen LogP contribution < -0.4 is 5.56 Å². The van der Waals surface area contributed by atoms with E-state index in [-0.39, 0.29) is 5.56 Å². The van der Waals surface area contributed by atoms with Gasteiger partial charge in [-0.3, -0.25) is 13.8 Å². The van der Waals surface area contributed by atoms with Crippen LogP contribution in [0, 0.1) is 27.7 Å². The Hall–Kier alpha value is -3.45. The van der Waals surface area contributed by atoms with Crippen LogP contribution in [0.3, 0.4) is 0 Å². The van der Waals surface area contributed by atoms with Gasteiger partial charge in [0.2, 0.25) is 5.78 Å². The third-order valence-electron chi connectivity index (χ3n) is 5.50. The minimum atomic E-state index is -0.0619. The van der Waals surface area contributed by atoms with Crippen molar-refractivity contribution >= 4 is 28.4 Å².